The van der Waals surface area contributed by atoms with E-state index in [4.69, 9.17) is 0 Å². The first-order valence-corrected chi connectivity index (χ1v) is 25.4. The van der Waals surface area contributed by atoms with Gasteiger partial charge in [-0.1, -0.05) is 309 Å². The van der Waals surface area contributed by atoms with Crippen LogP contribution in [-0.2, 0) is 16.5 Å². The van der Waals surface area contributed by atoms with Gasteiger partial charge in [-0.25, -0.2) is 0 Å². The van der Waals surface area contributed by atoms with Crippen LogP contribution in [0.1, 0.15) is 322 Å². The number of rotatable bonds is 46. The van der Waals surface area contributed by atoms with Crippen molar-refractivity contribution in [2.75, 3.05) is 0 Å². The van der Waals surface area contributed by atoms with Crippen molar-refractivity contribution in [2.24, 2.45) is 0 Å². The minimum Gasteiger partial charge on any atom is -0.343 e. The Kier molecular flexibility index (Phi) is 64.6. The summed E-state index contributed by atoms with van der Waals surface area (Å²) in [7, 11) is 0. The molecule has 0 aromatic rings. The Hall–Kier alpha value is 0.494. The molecular formula is C52H106Ni. The molecule has 0 unspecified atom stereocenters. The zero-order chi connectivity index (χ0) is 37.9. The molecule has 0 aliphatic heterocycles. The minimum absolute atomic E-state index is 0. The van der Waals surface area contributed by atoms with Crippen LogP contribution < -0.4 is 0 Å². The molecule has 0 saturated carbocycles. The smallest absolute Gasteiger partial charge is 0.343 e. The molecule has 0 amide bonds. The third kappa shape index (κ3) is 61.9. The molecule has 0 fully saturated rings. The van der Waals surface area contributed by atoms with Gasteiger partial charge in [0.15, 0.2) is 0 Å². The maximum absolute atomic E-state index is 3.91. The zero-order valence-corrected chi connectivity index (χ0v) is 38.7. The van der Waals surface area contributed by atoms with E-state index in [9.17, 15) is 0 Å². The molecule has 0 spiro atoms. The Morgan fingerprint density at radius 2 is 0.264 bits per heavy atom. The van der Waals surface area contributed by atoms with Crippen LogP contribution in [0.15, 0.2) is 0 Å². The quantitative estimate of drug-likeness (QED) is 0.0327. The summed E-state index contributed by atoms with van der Waals surface area (Å²) in [5, 5.41) is 0. The molecule has 0 rings (SSSR count). The van der Waals surface area contributed by atoms with Crippen molar-refractivity contribution >= 4 is 0 Å². The molecule has 0 aromatic carbocycles. The molecule has 0 atom stereocenters. The fraction of sp³-hybridized carbons (Fsp3) is 0.962. The second kappa shape index (κ2) is 59.2. The average Bonchev–Trinajstić information content (AvgIpc) is 3.16. The van der Waals surface area contributed by atoms with Gasteiger partial charge < -0.3 is 13.8 Å². The summed E-state index contributed by atoms with van der Waals surface area (Å²) in [6.07, 6.45) is 69.6. The van der Waals surface area contributed by atoms with Crippen LogP contribution in [0.25, 0.3) is 0 Å². The van der Waals surface area contributed by atoms with Crippen molar-refractivity contribution in [1.82, 2.24) is 0 Å². The first-order chi connectivity index (χ1) is 25.8. The predicted molar refractivity (Wildman–Crippen MR) is 244 cm³/mol. The van der Waals surface area contributed by atoms with Crippen LogP contribution in [-0.4, -0.2) is 0 Å². The summed E-state index contributed by atoms with van der Waals surface area (Å²) < 4.78 is 0. The summed E-state index contributed by atoms with van der Waals surface area (Å²) in [4.78, 5) is 0. The van der Waals surface area contributed by atoms with E-state index < -0.39 is 0 Å². The maximum Gasteiger partial charge on any atom is 2.00 e. The Bertz CT molecular complexity index is 447. The van der Waals surface area contributed by atoms with Gasteiger partial charge in [0, 0.05) is 0 Å². The van der Waals surface area contributed by atoms with Crippen molar-refractivity contribution in [3.05, 3.63) is 13.8 Å². The topological polar surface area (TPSA) is 0 Å². The van der Waals surface area contributed by atoms with E-state index in [1.165, 1.54) is 295 Å². The molecular weight excluding hydrogens is 683 g/mol. The standard InChI is InChI=1S/2C26H53.Ni/c2*1-3-5-7-9-11-13-15-17-19-21-23-25-26-24-22-20-18-16-14-12-10-8-6-4-2;/h2*1,3-26H2,2H3;/q2*-1;+2. The van der Waals surface area contributed by atoms with Gasteiger partial charge in [0.2, 0.25) is 0 Å². The largest absolute Gasteiger partial charge is 2.00 e. The van der Waals surface area contributed by atoms with Gasteiger partial charge in [-0.3, -0.25) is 0 Å². The molecule has 0 N–H and O–H groups in total. The van der Waals surface area contributed by atoms with Crippen molar-refractivity contribution in [2.45, 2.75) is 322 Å². The third-order valence-electron chi connectivity index (χ3n) is 11.7. The molecule has 0 saturated heterocycles. The molecule has 0 aliphatic rings. The molecule has 1 heteroatoms. The van der Waals surface area contributed by atoms with Crippen LogP contribution in [0.2, 0.25) is 0 Å². The average molecular weight is 790 g/mol. The molecule has 0 radical (unpaired) electrons. The van der Waals surface area contributed by atoms with Crippen molar-refractivity contribution in [3.8, 4) is 0 Å². The Morgan fingerprint density at radius 1 is 0.170 bits per heavy atom. The number of hydrogen-bond donors (Lipinski definition) is 0. The van der Waals surface area contributed by atoms with Crippen molar-refractivity contribution in [3.63, 3.8) is 0 Å². The fourth-order valence-corrected chi connectivity index (χ4v) is 7.92. The van der Waals surface area contributed by atoms with E-state index >= 15 is 0 Å². The van der Waals surface area contributed by atoms with Crippen LogP contribution in [0.4, 0.5) is 0 Å². The van der Waals surface area contributed by atoms with Crippen molar-refractivity contribution in [1.29, 1.82) is 0 Å². The molecule has 0 aliphatic carbocycles. The summed E-state index contributed by atoms with van der Waals surface area (Å²) in [6, 6.07) is 0. The minimum atomic E-state index is 0. The van der Waals surface area contributed by atoms with Gasteiger partial charge in [0.1, 0.15) is 0 Å². The number of hydrogen-bond acceptors (Lipinski definition) is 0. The van der Waals surface area contributed by atoms with Gasteiger partial charge in [0.25, 0.3) is 0 Å². The maximum atomic E-state index is 3.91. The van der Waals surface area contributed by atoms with Crippen LogP contribution in [0, 0.1) is 13.8 Å². The monoisotopic (exact) mass is 789 g/mol. The molecule has 324 valence electrons. The molecule has 0 bridgehead atoms. The third-order valence-corrected chi connectivity index (χ3v) is 11.7. The molecule has 0 aromatic heterocycles. The molecule has 53 heavy (non-hydrogen) atoms. The second-order valence-corrected chi connectivity index (χ2v) is 17.3. The van der Waals surface area contributed by atoms with E-state index in [1.54, 1.807) is 0 Å². The van der Waals surface area contributed by atoms with E-state index in [0.29, 0.717) is 0 Å². The van der Waals surface area contributed by atoms with Gasteiger partial charge in [-0.15, -0.1) is 0 Å². The second-order valence-electron chi connectivity index (χ2n) is 17.3. The van der Waals surface area contributed by atoms with Crippen LogP contribution >= 0.6 is 0 Å². The fourth-order valence-electron chi connectivity index (χ4n) is 7.92. The molecule has 0 heterocycles. The Balaban J connectivity index is -0.000000926. The van der Waals surface area contributed by atoms with Gasteiger partial charge >= 0.3 is 16.5 Å². The van der Waals surface area contributed by atoms with Crippen LogP contribution in [0.3, 0.4) is 0 Å². The Morgan fingerprint density at radius 3 is 0.358 bits per heavy atom. The van der Waals surface area contributed by atoms with Gasteiger partial charge in [-0.05, 0) is 0 Å². The summed E-state index contributed by atoms with van der Waals surface area (Å²) >= 11 is 0. The normalized spacial score (nSPS) is 11.1. The van der Waals surface area contributed by atoms with Crippen molar-refractivity contribution < 1.29 is 16.5 Å². The van der Waals surface area contributed by atoms with E-state index in [2.05, 4.69) is 27.7 Å². The predicted octanol–water partition coefficient (Wildman–Crippen LogP) is 20.4. The van der Waals surface area contributed by atoms with Gasteiger partial charge in [0.05, 0.1) is 0 Å². The zero-order valence-electron chi connectivity index (χ0n) is 37.7. The first kappa shape index (κ1) is 57.8. The van der Waals surface area contributed by atoms with E-state index in [-0.39, 0.29) is 16.5 Å². The van der Waals surface area contributed by atoms with E-state index in [1.807, 2.05) is 0 Å². The number of unbranched alkanes of at least 4 members (excludes halogenated alkanes) is 46. The summed E-state index contributed by atoms with van der Waals surface area (Å²) in [6.45, 7) is 12.4. The van der Waals surface area contributed by atoms with E-state index in [0.717, 1.165) is 12.8 Å². The molecule has 0 nitrogen and oxygen atoms in total. The van der Waals surface area contributed by atoms with Crippen LogP contribution in [0.5, 0.6) is 0 Å². The summed E-state index contributed by atoms with van der Waals surface area (Å²) in [5.41, 5.74) is 0. The van der Waals surface area contributed by atoms with Gasteiger partial charge in [-0.2, -0.15) is 12.8 Å². The summed E-state index contributed by atoms with van der Waals surface area (Å²) in [5.74, 6) is 0. The first-order valence-electron chi connectivity index (χ1n) is 25.4. The Labute approximate surface area is 350 Å². The SMILES string of the molecule is [CH2-]CCCCCCCCCCCCCCCCCCCCCCCCC.[CH2-]CCCCCCCCCCCCCCCCCCCCCCCCC.[Ni+2].